The Morgan fingerprint density at radius 2 is 0.680 bits per heavy atom. The Balaban J connectivity index is 0.000000326. The Kier molecular flexibility index (Phi) is 31.7. The Hall–Kier alpha value is -9.16. The van der Waals surface area contributed by atoms with E-state index in [9.17, 15) is 89.3 Å². The van der Waals surface area contributed by atoms with Crippen molar-refractivity contribution in [1.82, 2.24) is 24.9 Å². The van der Waals surface area contributed by atoms with E-state index in [1.54, 1.807) is 36.9 Å². The third-order valence-electron chi connectivity index (χ3n) is 13.0. The molecule has 1 radical (unpaired) electrons. The van der Waals surface area contributed by atoms with Crippen LogP contribution in [0.5, 0.6) is 0 Å². The average molecular weight is 1760 g/mol. The summed E-state index contributed by atoms with van der Waals surface area (Å²) in [6, 6.07) is 78.3. The van der Waals surface area contributed by atoms with Crippen molar-refractivity contribution in [3.05, 3.63) is 285 Å². The molecule has 0 aliphatic rings. The van der Waals surface area contributed by atoms with Crippen LogP contribution in [0.15, 0.2) is 249 Å². The predicted molar refractivity (Wildman–Crippen MR) is 333 cm³/mol. The van der Waals surface area contributed by atoms with Crippen LogP contribution in [0, 0.1) is 35.7 Å². The molecule has 0 saturated heterocycles. The molecule has 100 heavy (non-hydrogen) atoms. The van der Waals surface area contributed by atoms with Gasteiger partial charge >= 0.3 is 67.7 Å². The topological polar surface area (TPSA) is 119 Å². The number of carbonyl (C=O) groups is 2. The molecule has 0 aliphatic heterocycles. The monoisotopic (exact) mass is 1760 g/mol. The molecule has 0 atom stereocenters. The van der Waals surface area contributed by atoms with Crippen LogP contribution in [0.4, 0.5) is 74.6 Å². The number of hydrogen-bond acceptors (Lipinski definition) is 8. The average Bonchev–Trinajstić information content (AvgIpc) is 0.721. The normalized spacial score (nSPS) is 11.9. The molecule has 5 aromatic heterocycles. The SMILES string of the molecule is CC(C)(C)C(O)=CC(=O)C(F)(F)C(F)(F)C(C)(F)F.O=C(Cc1ccc(-c2[c-]cccc2)nc1)C(F)(F)C(F)(F)C(F)(F)C(F)(F)C(F)(F)F.[Ir+3].[Ir].[c-]1ccccc1-c1ccccn1.[c-]1ccccc1-c1ccccn1.[c-]1ccccc1-c1ccccn1.[c-]1ccccc1-c1ccccn1. The second-order valence-corrected chi connectivity index (χ2v) is 21.4. The number of halogens is 17. The van der Waals surface area contributed by atoms with E-state index >= 15 is 0 Å². The predicted octanol–water partition coefficient (Wildman–Crippen LogP) is 19.9. The van der Waals surface area contributed by atoms with Gasteiger partial charge in [-0.15, -0.1) is 179 Å². The second kappa shape index (κ2) is 37.3. The summed E-state index contributed by atoms with van der Waals surface area (Å²) < 4.78 is 220. The Labute approximate surface area is 591 Å². The number of alkyl halides is 17. The molecule has 0 spiro atoms. The summed E-state index contributed by atoms with van der Waals surface area (Å²) in [5.74, 6) is -52.1. The largest absolute Gasteiger partial charge is 3.00 e. The number of pyridine rings is 5. The zero-order chi connectivity index (χ0) is 72.6. The Morgan fingerprint density at radius 1 is 0.380 bits per heavy atom. The molecule has 0 unspecified atom stereocenters. The molecule has 27 heteroatoms. The van der Waals surface area contributed by atoms with Crippen molar-refractivity contribution in [2.75, 3.05) is 0 Å². The number of nitrogens with zero attached hydrogens (tertiary/aromatic N) is 5. The second-order valence-electron chi connectivity index (χ2n) is 21.4. The van der Waals surface area contributed by atoms with Gasteiger partial charge in [-0.2, -0.15) is 74.6 Å². The maximum atomic E-state index is 13.7. The minimum Gasteiger partial charge on any atom is -0.512 e. The maximum absolute atomic E-state index is 13.7. The van der Waals surface area contributed by atoms with Gasteiger partial charge in [0.2, 0.25) is 11.6 Å². The van der Waals surface area contributed by atoms with Crippen LogP contribution in [0.25, 0.3) is 56.3 Å². The Bertz CT molecular complexity index is 3590. The standard InChI is InChI=1S/C18H9F11NO.C11H14F6O2.4C11H8N.2Ir/c19-14(20,15(21,22)16(23,24)17(25,26)18(27,28)29)13(31)8-10-6-7-12(30-9-10)11-4-2-1-3-5-11;1-8(2,3)6(18)5-7(19)10(14,15)11(16,17)9(4,12)13;4*1-2-6-10(7-3-1)11-8-4-5-9-12-11;;/h1-4,6-7,9H,8H2;5,18H,1-4H3;4*1-6,8-9H;;/q-1;;4*-1;;+3. The van der Waals surface area contributed by atoms with E-state index < -0.39 is 89.3 Å². The molecule has 5 heterocycles. The number of rotatable bonds is 15. The van der Waals surface area contributed by atoms with E-state index in [-0.39, 0.29) is 52.0 Å². The molecule has 1 N–H and O–H groups in total. The number of aliphatic hydroxyl groups excluding tert-OH is 1. The molecule has 10 rings (SSSR count). The molecule has 0 saturated carbocycles. The maximum Gasteiger partial charge on any atom is 3.00 e. The fourth-order valence-electron chi connectivity index (χ4n) is 7.45. The van der Waals surface area contributed by atoms with Crippen LogP contribution in [-0.4, -0.2) is 89.2 Å². The van der Waals surface area contributed by atoms with E-state index in [2.05, 4.69) is 55.3 Å². The van der Waals surface area contributed by atoms with Gasteiger partial charge in [0.05, 0.1) is 0 Å². The van der Waals surface area contributed by atoms with Crippen molar-refractivity contribution in [3.63, 3.8) is 0 Å². The van der Waals surface area contributed by atoms with E-state index in [0.29, 0.717) is 5.56 Å². The van der Waals surface area contributed by atoms with E-state index in [1.807, 2.05) is 170 Å². The van der Waals surface area contributed by atoms with Gasteiger partial charge in [-0.25, -0.2) is 0 Å². The van der Waals surface area contributed by atoms with Crippen molar-refractivity contribution < 1.29 is 130 Å². The number of hydrogen-bond donors (Lipinski definition) is 1. The van der Waals surface area contributed by atoms with E-state index in [4.69, 9.17) is 0 Å². The molecule has 0 aliphatic carbocycles. The van der Waals surface area contributed by atoms with Gasteiger partial charge < -0.3 is 30.0 Å². The molecule has 0 fully saturated rings. The summed E-state index contributed by atoms with van der Waals surface area (Å²) in [5, 5.41) is 9.26. The van der Waals surface area contributed by atoms with Gasteiger partial charge in [0.15, 0.2) is 0 Å². The Morgan fingerprint density at radius 3 is 0.910 bits per heavy atom. The number of ketones is 2. The number of carbonyl (C=O) groups excluding carboxylic acids is 2. The number of allylic oxidation sites excluding steroid dienone is 2. The van der Waals surface area contributed by atoms with Crippen LogP contribution in [0.1, 0.15) is 33.3 Å². The zero-order valence-corrected chi connectivity index (χ0v) is 57.2. The molecule has 5 aromatic carbocycles. The van der Waals surface area contributed by atoms with Crippen LogP contribution >= 0.6 is 0 Å². The molecular formula is C73H55F17Ir2N5O3-2. The smallest absolute Gasteiger partial charge is 0.512 e. The van der Waals surface area contributed by atoms with Gasteiger partial charge in [-0.05, 0) is 58.3 Å². The first-order valence-corrected chi connectivity index (χ1v) is 28.5. The van der Waals surface area contributed by atoms with Crippen molar-refractivity contribution in [1.29, 1.82) is 0 Å². The molecule has 529 valence electrons. The third kappa shape index (κ3) is 22.9. The summed E-state index contributed by atoms with van der Waals surface area (Å²) >= 11 is 0. The summed E-state index contributed by atoms with van der Waals surface area (Å²) in [7, 11) is 0. The van der Waals surface area contributed by atoms with Gasteiger partial charge in [0.1, 0.15) is 5.76 Å². The van der Waals surface area contributed by atoms with E-state index in [0.717, 1.165) is 63.4 Å². The third-order valence-corrected chi connectivity index (χ3v) is 13.0. The van der Waals surface area contributed by atoms with Crippen LogP contribution in [0.3, 0.4) is 0 Å². The van der Waals surface area contributed by atoms with Gasteiger partial charge in [0, 0.05) is 75.9 Å². The number of benzene rings is 5. The van der Waals surface area contributed by atoms with Gasteiger partial charge in [-0.3, -0.25) is 9.59 Å². The molecule has 10 aromatic rings. The van der Waals surface area contributed by atoms with Crippen molar-refractivity contribution in [3.8, 4) is 56.3 Å². The van der Waals surface area contributed by atoms with Gasteiger partial charge in [-0.1, -0.05) is 81.4 Å². The van der Waals surface area contributed by atoms with Crippen molar-refractivity contribution >= 4 is 11.6 Å². The molecule has 0 bridgehead atoms. The first-order valence-electron chi connectivity index (χ1n) is 28.5. The zero-order valence-electron chi connectivity index (χ0n) is 52.4. The minimum atomic E-state index is -7.62. The fourth-order valence-corrected chi connectivity index (χ4v) is 7.45. The molecule has 8 nitrogen and oxygen atoms in total. The molecule has 0 amide bonds. The number of Topliss-reactive ketones (excluding diaryl/α,β-unsaturated/α-hetero) is 1. The van der Waals surface area contributed by atoms with Crippen molar-refractivity contribution in [2.45, 2.75) is 81.7 Å². The van der Waals surface area contributed by atoms with E-state index in [1.165, 1.54) is 32.9 Å². The van der Waals surface area contributed by atoms with Crippen LogP contribution < -0.4 is 0 Å². The molecular weight excluding hydrogens is 1700 g/mol. The first-order chi connectivity index (χ1) is 45.9. The van der Waals surface area contributed by atoms with Gasteiger partial charge in [0.25, 0.3) is 0 Å². The quantitative estimate of drug-likeness (QED) is 0.0467. The summed E-state index contributed by atoms with van der Waals surface area (Å²) in [6.07, 6.45) is -1.24. The fraction of sp³-hybridized carbons (Fsp3) is 0.192. The van der Waals surface area contributed by atoms with Crippen LogP contribution in [0.2, 0.25) is 0 Å². The van der Waals surface area contributed by atoms with Crippen LogP contribution in [-0.2, 0) is 56.2 Å². The summed E-state index contributed by atoms with van der Waals surface area (Å²) in [4.78, 5) is 43.2. The minimum absolute atomic E-state index is 0. The number of aromatic nitrogens is 5. The summed E-state index contributed by atoms with van der Waals surface area (Å²) in [6.45, 7) is 3.53. The first kappa shape index (κ1) is 85.1. The van der Waals surface area contributed by atoms with Crippen molar-refractivity contribution in [2.24, 2.45) is 5.41 Å². The summed E-state index contributed by atoms with van der Waals surface area (Å²) in [5.41, 5.74) is 6.98. The number of aliphatic hydroxyl groups is 1.